The zero-order valence-corrected chi connectivity index (χ0v) is 10.6. The highest BCUT2D eigenvalue weighted by atomic mass is 16.2. The summed E-state index contributed by atoms with van der Waals surface area (Å²) < 4.78 is 0. The van der Waals surface area contributed by atoms with Crippen molar-refractivity contribution in [3.8, 4) is 0 Å². The van der Waals surface area contributed by atoms with Gasteiger partial charge in [0, 0.05) is 13.6 Å². The summed E-state index contributed by atoms with van der Waals surface area (Å²) in [6.07, 6.45) is 0.0981. The number of rotatable bonds is 4. The third-order valence-electron chi connectivity index (χ3n) is 3.07. The van der Waals surface area contributed by atoms with Gasteiger partial charge in [0.2, 0.25) is 5.91 Å². The molecule has 0 aromatic heterocycles. The van der Waals surface area contributed by atoms with Crippen LogP contribution < -0.4 is 10.6 Å². The first-order valence-corrected chi connectivity index (χ1v) is 6.02. The van der Waals surface area contributed by atoms with Gasteiger partial charge in [-0.05, 0) is 5.56 Å². The van der Waals surface area contributed by atoms with Crippen molar-refractivity contribution < 1.29 is 9.59 Å². The van der Waals surface area contributed by atoms with Gasteiger partial charge in [-0.3, -0.25) is 15.5 Å². The second-order valence-corrected chi connectivity index (χ2v) is 4.35. The number of amides is 3. The zero-order valence-electron chi connectivity index (χ0n) is 10.6. The van der Waals surface area contributed by atoms with E-state index < -0.39 is 6.04 Å². The van der Waals surface area contributed by atoms with Crippen LogP contribution in [0.15, 0.2) is 30.3 Å². The minimum atomic E-state index is -0.521. The molecule has 1 aliphatic rings. The quantitative estimate of drug-likeness (QED) is 0.744. The lowest BCUT2D eigenvalue weighted by molar-refractivity contribution is -0.121. The standard InChI is InChI=1S/C13H16N4O2/c1-15-11(18)7-10-12(14)16-13(19)17(10)8-9-5-3-2-4-6-9/h2-6,10H,7-8H2,1H3,(H,15,18)(H2,14,16,19). The van der Waals surface area contributed by atoms with Gasteiger partial charge < -0.3 is 10.2 Å². The molecule has 1 fully saturated rings. The van der Waals surface area contributed by atoms with E-state index in [-0.39, 0.29) is 24.2 Å². The summed E-state index contributed by atoms with van der Waals surface area (Å²) in [6.45, 7) is 0.386. The van der Waals surface area contributed by atoms with E-state index in [4.69, 9.17) is 5.41 Å². The van der Waals surface area contributed by atoms with Crippen molar-refractivity contribution in [2.24, 2.45) is 0 Å². The largest absolute Gasteiger partial charge is 0.359 e. The van der Waals surface area contributed by atoms with Crippen LogP contribution in [0.3, 0.4) is 0 Å². The van der Waals surface area contributed by atoms with Crippen molar-refractivity contribution >= 4 is 17.8 Å². The summed E-state index contributed by atoms with van der Waals surface area (Å²) >= 11 is 0. The molecule has 2 rings (SSSR count). The van der Waals surface area contributed by atoms with Crippen LogP contribution in [0.5, 0.6) is 0 Å². The van der Waals surface area contributed by atoms with Crippen molar-refractivity contribution in [2.45, 2.75) is 19.0 Å². The van der Waals surface area contributed by atoms with Crippen molar-refractivity contribution in [1.29, 1.82) is 5.41 Å². The van der Waals surface area contributed by atoms with Crippen LogP contribution in [0.2, 0.25) is 0 Å². The fourth-order valence-corrected chi connectivity index (χ4v) is 2.02. The van der Waals surface area contributed by atoms with E-state index in [1.165, 1.54) is 11.9 Å². The Kier molecular flexibility index (Phi) is 3.79. The summed E-state index contributed by atoms with van der Waals surface area (Å²) in [5.41, 5.74) is 0.967. The van der Waals surface area contributed by atoms with Gasteiger partial charge in [0.25, 0.3) is 0 Å². The van der Waals surface area contributed by atoms with Crippen molar-refractivity contribution in [3.63, 3.8) is 0 Å². The van der Waals surface area contributed by atoms with E-state index in [1.54, 1.807) is 0 Å². The molecule has 0 saturated carbocycles. The number of benzene rings is 1. The van der Waals surface area contributed by atoms with Gasteiger partial charge in [-0.2, -0.15) is 0 Å². The molecule has 1 aliphatic heterocycles. The zero-order chi connectivity index (χ0) is 13.8. The van der Waals surface area contributed by atoms with Crippen molar-refractivity contribution in [3.05, 3.63) is 35.9 Å². The van der Waals surface area contributed by atoms with Crippen LogP contribution in [0, 0.1) is 5.41 Å². The third-order valence-corrected chi connectivity index (χ3v) is 3.07. The summed E-state index contributed by atoms with van der Waals surface area (Å²) in [7, 11) is 1.54. The van der Waals surface area contributed by atoms with Crippen LogP contribution in [0.4, 0.5) is 4.79 Å². The minimum absolute atomic E-state index is 0.0736. The van der Waals surface area contributed by atoms with Crippen molar-refractivity contribution in [1.82, 2.24) is 15.5 Å². The highest BCUT2D eigenvalue weighted by Crippen LogP contribution is 2.16. The molecule has 6 nitrogen and oxygen atoms in total. The summed E-state index contributed by atoms with van der Waals surface area (Å²) in [5, 5.41) is 12.7. The van der Waals surface area contributed by atoms with Crippen LogP contribution in [-0.4, -0.2) is 35.8 Å². The van der Waals surface area contributed by atoms with E-state index in [9.17, 15) is 9.59 Å². The molecular formula is C13H16N4O2. The number of nitrogens with zero attached hydrogens (tertiary/aromatic N) is 1. The first-order chi connectivity index (χ1) is 9.11. The van der Waals surface area contributed by atoms with E-state index in [1.807, 2.05) is 30.3 Å². The Morgan fingerprint density at radius 3 is 2.74 bits per heavy atom. The smallest absolute Gasteiger partial charge is 0.323 e. The lowest BCUT2D eigenvalue weighted by atomic mass is 10.1. The molecule has 3 N–H and O–H groups in total. The first-order valence-electron chi connectivity index (χ1n) is 6.02. The van der Waals surface area contributed by atoms with Gasteiger partial charge in [0.15, 0.2) is 0 Å². The van der Waals surface area contributed by atoms with Crippen LogP contribution in [-0.2, 0) is 11.3 Å². The number of hydrogen-bond acceptors (Lipinski definition) is 3. The SMILES string of the molecule is CNC(=O)CC1C(=N)NC(=O)N1Cc1ccccc1. The van der Waals surface area contributed by atoms with Gasteiger partial charge in [0.1, 0.15) is 11.9 Å². The Hall–Kier alpha value is -2.37. The highest BCUT2D eigenvalue weighted by Gasteiger charge is 2.36. The van der Waals surface area contributed by atoms with Crippen molar-refractivity contribution in [2.75, 3.05) is 7.05 Å². The van der Waals surface area contributed by atoms with Crippen LogP contribution >= 0.6 is 0 Å². The number of carbonyl (C=O) groups excluding carboxylic acids is 2. The topological polar surface area (TPSA) is 85.3 Å². The maximum atomic E-state index is 11.8. The Morgan fingerprint density at radius 1 is 1.42 bits per heavy atom. The van der Waals surface area contributed by atoms with E-state index in [2.05, 4.69) is 10.6 Å². The van der Waals surface area contributed by atoms with Crippen LogP contribution in [0.25, 0.3) is 0 Å². The molecular weight excluding hydrogens is 244 g/mol. The summed E-state index contributed by atoms with van der Waals surface area (Å²) in [4.78, 5) is 24.8. The molecule has 19 heavy (non-hydrogen) atoms. The number of urea groups is 1. The predicted octanol–water partition coefficient (Wildman–Crippen LogP) is 0.694. The molecule has 1 saturated heterocycles. The normalized spacial score (nSPS) is 18.4. The van der Waals surface area contributed by atoms with Gasteiger partial charge in [-0.1, -0.05) is 30.3 Å². The van der Waals surface area contributed by atoms with E-state index in [0.717, 1.165) is 5.56 Å². The fourth-order valence-electron chi connectivity index (χ4n) is 2.02. The fraction of sp³-hybridized carbons (Fsp3) is 0.308. The Bertz CT molecular complexity index is 501. The molecule has 0 radical (unpaired) electrons. The summed E-state index contributed by atoms with van der Waals surface area (Å²) in [6, 6.07) is 8.65. The number of hydrogen-bond donors (Lipinski definition) is 3. The molecule has 1 aromatic rings. The number of amidine groups is 1. The second-order valence-electron chi connectivity index (χ2n) is 4.35. The monoisotopic (exact) mass is 260 g/mol. The minimum Gasteiger partial charge on any atom is -0.359 e. The maximum absolute atomic E-state index is 11.8. The molecule has 0 spiro atoms. The molecule has 100 valence electrons. The molecule has 0 bridgehead atoms. The van der Waals surface area contributed by atoms with Gasteiger partial charge in [-0.25, -0.2) is 4.79 Å². The Labute approximate surface area is 111 Å². The Morgan fingerprint density at radius 2 is 2.11 bits per heavy atom. The lowest BCUT2D eigenvalue weighted by Crippen LogP contribution is -2.38. The molecule has 1 unspecified atom stereocenters. The van der Waals surface area contributed by atoms with Gasteiger partial charge >= 0.3 is 6.03 Å². The predicted molar refractivity (Wildman–Crippen MR) is 70.7 cm³/mol. The molecule has 0 aliphatic carbocycles. The van der Waals surface area contributed by atoms with Gasteiger partial charge in [0.05, 0.1) is 6.42 Å². The van der Waals surface area contributed by atoms with E-state index >= 15 is 0 Å². The molecule has 1 atom stereocenters. The lowest BCUT2D eigenvalue weighted by Gasteiger charge is -2.22. The third kappa shape index (κ3) is 2.90. The molecule has 6 heteroatoms. The molecule has 3 amide bonds. The first kappa shape index (κ1) is 13.1. The second kappa shape index (κ2) is 5.51. The number of nitrogens with one attached hydrogen (secondary N) is 3. The summed E-state index contributed by atoms with van der Waals surface area (Å²) in [5.74, 6) is -0.117. The van der Waals surface area contributed by atoms with Gasteiger partial charge in [-0.15, -0.1) is 0 Å². The average Bonchev–Trinajstić information content (AvgIpc) is 2.67. The maximum Gasteiger partial charge on any atom is 0.323 e. The number of carbonyl (C=O) groups is 2. The average molecular weight is 260 g/mol. The van der Waals surface area contributed by atoms with Crippen LogP contribution in [0.1, 0.15) is 12.0 Å². The molecule has 1 heterocycles. The highest BCUT2D eigenvalue weighted by molar-refractivity contribution is 6.07. The molecule has 1 aromatic carbocycles. The van der Waals surface area contributed by atoms with E-state index in [0.29, 0.717) is 6.54 Å². The Balaban J connectivity index is 2.13.